The van der Waals surface area contributed by atoms with Crippen LogP contribution in [-0.2, 0) is 11.3 Å². The third-order valence-electron chi connectivity index (χ3n) is 6.62. The number of fused-ring (bicyclic) bond motifs is 1. The summed E-state index contributed by atoms with van der Waals surface area (Å²) in [6, 6.07) is 9.73. The maximum atomic E-state index is 14.7. The Bertz CT molecular complexity index is 1430. The number of H-pyrrole nitrogens is 1. The molecule has 11 heteroatoms. The number of piperidine rings is 1. The molecule has 214 valence electrons. The molecule has 2 N–H and O–H groups in total. The van der Waals surface area contributed by atoms with Crippen LogP contribution >= 0.6 is 0 Å². The zero-order chi connectivity index (χ0) is 28.9. The molecule has 4 rings (SSSR count). The summed E-state index contributed by atoms with van der Waals surface area (Å²) in [5, 5.41) is 2.66. The predicted molar refractivity (Wildman–Crippen MR) is 147 cm³/mol. The van der Waals surface area contributed by atoms with E-state index in [1.807, 2.05) is 26.8 Å². The summed E-state index contributed by atoms with van der Waals surface area (Å²) in [4.78, 5) is 46.3. The van der Waals surface area contributed by atoms with Crippen molar-refractivity contribution in [2.75, 3.05) is 26.8 Å². The first-order valence-corrected chi connectivity index (χ1v) is 13.3. The Morgan fingerprint density at radius 1 is 1.18 bits per heavy atom. The van der Waals surface area contributed by atoms with Crippen molar-refractivity contribution in [3.8, 4) is 11.5 Å². The van der Waals surface area contributed by atoms with Gasteiger partial charge in [-0.1, -0.05) is 12.1 Å². The van der Waals surface area contributed by atoms with Crippen molar-refractivity contribution < 1.29 is 28.2 Å². The second-order valence-corrected chi connectivity index (χ2v) is 10.8. The van der Waals surface area contributed by atoms with E-state index in [1.54, 1.807) is 30.2 Å². The minimum atomic E-state index is -0.685. The molecule has 3 aromatic rings. The zero-order valence-corrected chi connectivity index (χ0v) is 23.2. The van der Waals surface area contributed by atoms with Crippen LogP contribution in [0.2, 0.25) is 0 Å². The molecule has 2 amide bonds. The van der Waals surface area contributed by atoms with Gasteiger partial charge in [-0.15, -0.1) is 0 Å². The highest BCUT2D eigenvalue weighted by molar-refractivity contribution is 5.93. The van der Waals surface area contributed by atoms with E-state index in [4.69, 9.17) is 14.2 Å². The monoisotopic (exact) mass is 554 g/mol. The van der Waals surface area contributed by atoms with Gasteiger partial charge in [0.05, 0.1) is 19.2 Å². The molecule has 0 aliphatic carbocycles. The number of ether oxygens (including phenoxy) is 3. The molecular weight excluding hydrogens is 519 g/mol. The number of amides is 2. The first-order chi connectivity index (χ1) is 19.0. The molecule has 1 aromatic heterocycles. The first kappa shape index (κ1) is 28.8. The van der Waals surface area contributed by atoms with Gasteiger partial charge in [0.1, 0.15) is 16.7 Å². The normalized spacial score (nSPS) is 14.2. The van der Waals surface area contributed by atoms with E-state index in [0.29, 0.717) is 25.3 Å². The number of carbonyl (C=O) groups excluding carboxylic acids is 2. The average Bonchev–Trinajstić information content (AvgIpc) is 2.92. The van der Waals surface area contributed by atoms with Gasteiger partial charge in [-0.05, 0) is 75.8 Å². The number of hydrogen-bond acceptors (Lipinski definition) is 7. The molecule has 0 unspecified atom stereocenters. The van der Waals surface area contributed by atoms with Gasteiger partial charge in [0.2, 0.25) is 0 Å². The number of carbonyl (C=O) groups is 2. The smallest absolute Gasteiger partial charge is 0.410 e. The van der Waals surface area contributed by atoms with E-state index in [9.17, 15) is 18.8 Å². The average molecular weight is 555 g/mol. The molecule has 0 bridgehead atoms. The van der Waals surface area contributed by atoms with Gasteiger partial charge in [-0.25, -0.2) is 14.2 Å². The Kier molecular flexibility index (Phi) is 8.91. The van der Waals surface area contributed by atoms with Crippen LogP contribution in [0.15, 0.2) is 41.2 Å². The second kappa shape index (κ2) is 12.4. The zero-order valence-electron chi connectivity index (χ0n) is 23.2. The van der Waals surface area contributed by atoms with Gasteiger partial charge < -0.3 is 29.4 Å². The second-order valence-electron chi connectivity index (χ2n) is 10.8. The number of halogens is 1. The van der Waals surface area contributed by atoms with Crippen LogP contribution in [-0.4, -0.2) is 59.3 Å². The number of hydrogen-bond donors (Lipinski definition) is 2. The number of aromatic amines is 1. The molecule has 1 aliphatic heterocycles. The van der Waals surface area contributed by atoms with E-state index in [0.717, 1.165) is 18.4 Å². The highest BCUT2D eigenvalue weighted by atomic mass is 19.1. The molecule has 0 spiro atoms. The lowest BCUT2D eigenvalue weighted by atomic mass is 9.94. The molecule has 0 atom stereocenters. The van der Waals surface area contributed by atoms with Gasteiger partial charge >= 0.3 is 6.09 Å². The molecule has 1 aliphatic rings. The summed E-state index contributed by atoms with van der Waals surface area (Å²) in [6.45, 7) is 7.05. The van der Waals surface area contributed by atoms with Crippen LogP contribution in [0.1, 0.15) is 56.2 Å². The van der Waals surface area contributed by atoms with Crippen molar-refractivity contribution in [3.05, 3.63) is 64.0 Å². The van der Waals surface area contributed by atoms with Crippen molar-refractivity contribution in [1.29, 1.82) is 0 Å². The fraction of sp³-hybridized carbons (Fsp3) is 0.448. The minimum absolute atomic E-state index is 0.0518. The molecular formula is C29H35FN4O6. The van der Waals surface area contributed by atoms with Crippen molar-refractivity contribution in [2.45, 2.75) is 52.2 Å². The topological polar surface area (TPSA) is 123 Å². The van der Waals surface area contributed by atoms with Crippen molar-refractivity contribution in [3.63, 3.8) is 0 Å². The molecule has 10 nitrogen and oxygen atoms in total. The quantitative estimate of drug-likeness (QED) is 0.423. The van der Waals surface area contributed by atoms with Crippen LogP contribution in [0.4, 0.5) is 9.18 Å². The molecule has 2 aromatic carbocycles. The van der Waals surface area contributed by atoms with Crippen LogP contribution in [0.3, 0.4) is 0 Å². The van der Waals surface area contributed by atoms with Crippen molar-refractivity contribution in [2.24, 2.45) is 5.92 Å². The summed E-state index contributed by atoms with van der Waals surface area (Å²) in [7, 11) is 1.56. The van der Waals surface area contributed by atoms with Crippen molar-refractivity contribution >= 4 is 22.9 Å². The fourth-order valence-corrected chi connectivity index (χ4v) is 4.53. The van der Waals surface area contributed by atoms with Crippen LogP contribution in [0, 0.1) is 11.7 Å². The third kappa shape index (κ3) is 7.28. The van der Waals surface area contributed by atoms with E-state index in [1.165, 1.54) is 12.1 Å². The first-order valence-electron chi connectivity index (χ1n) is 13.3. The number of aromatic nitrogens is 2. The Hall–Kier alpha value is -4.15. The molecule has 40 heavy (non-hydrogen) atoms. The lowest BCUT2D eigenvalue weighted by Gasteiger charge is -2.33. The van der Waals surface area contributed by atoms with Crippen LogP contribution in [0.5, 0.6) is 11.5 Å². The molecule has 1 saturated heterocycles. The molecule has 1 fully saturated rings. The minimum Gasteiger partial charge on any atom is -0.497 e. The van der Waals surface area contributed by atoms with Crippen molar-refractivity contribution in [1.82, 2.24) is 20.2 Å². The Labute approximate surface area is 231 Å². The number of likely N-dealkylation sites (tertiary alicyclic amines) is 1. The van der Waals surface area contributed by atoms with Gasteiger partial charge in [0, 0.05) is 19.6 Å². The lowest BCUT2D eigenvalue weighted by molar-refractivity contribution is 0.0177. The van der Waals surface area contributed by atoms with E-state index in [-0.39, 0.29) is 47.6 Å². The highest BCUT2D eigenvalue weighted by Crippen LogP contribution is 2.27. The standard InChI is InChI=1S/C29H35FN4O6/c1-29(2,3)40-28(37)34-13-10-18(11-14-34)12-15-39-24-21(30)8-9-22-23(24)26(35)33-25(32-22)27(36)31-17-19-6-5-7-20(16-19)38-4/h5-9,16,18H,10-15,17H2,1-4H3,(H,31,36)(H,32,33,35). The van der Waals surface area contributed by atoms with E-state index in [2.05, 4.69) is 15.3 Å². The summed E-state index contributed by atoms with van der Waals surface area (Å²) in [5.41, 5.74) is -0.253. The Morgan fingerprint density at radius 2 is 1.93 bits per heavy atom. The molecule has 0 saturated carbocycles. The third-order valence-corrected chi connectivity index (χ3v) is 6.62. The van der Waals surface area contributed by atoms with Gasteiger partial charge in [-0.2, -0.15) is 0 Å². The number of rotatable bonds is 8. The highest BCUT2D eigenvalue weighted by Gasteiger charge is 2.27. The summed E-state index contributed by atoms with van der Waals surface area (Å²) < 4.78 is 31.1. The van der Waals surface area contributed by atoms with Crippen LogP contribution in [0.25, 0.3) is 10.9 Å². The summed E-state index contributed by atoms with van der Waals surface area (Å²) >= 11 is 0. The van der Waals surface area contributed by atoms with Gasteiger partial charge in [-0.3, -0.25) is 9.59 Å². The molecule has 0 radical (unpaired) electrons. The number of nitrogens with zero attached hydrogens (tertiary/aromatic N) is 2. The molecule has 2 heterocycles. The van der Waals surface area contributed by atoms with Gasteiger partial charge in [0.15, 0.2) is 17.4 Å². The summed E-state index contributed by atoms with van der Waals surface area (Å²) in [5.74, 6) is -0.700. The predicted octanol–water partition coefficient (Wildman–Crippen LogP) is 4.42. The van der Waals surface area contributed by atoms with Crippen LogP contribution < -0.4 is 20.3 Å². The maximum Gasteiger partial charge on any atom is 0.410 e. The number of methoxy groups -OCH3 is 1. The Balaban J connectivity index is 1.37. The van der Waals surface area contributed by atoms with E-state index < -0.39 is 22.9 Å². The fourth-order valence-electron chi connectivity index (χ4n) is 4.53. The van der Waals surface area contributed by atoms with E-state index >= 15 is 0 Å². The largest absolute Gasteiger partial charge is 0.497 e. The Morgan fingerprint density at radius 3 is 2.62 bits per heavy atom. The maximum absolute atomic E-state index is 14.7. The number of benzene rings is 2. The van der Waals surface area contributed by atoms with Gasteiger partial charge in [0.25, 0.3) is 11.5 Å². The SMILES string of the molecule is COc1cccc(CNC(=O)c2nc3ccc(F)c(OCCC4CCN(C(=O)OC(C)(C)C)CC4)c3c(=O)[nH]2)c1. The lowest BCUT2D eigenvalue weighted by Crippen LogP contribution is -2.41. The summed E-state index contributed by atoms with van der Waals surface area (Å²) in [6.07, 6.45) is 1.86. The number of nitrogens with one attached hydrogen (secondary N) is 2.